The number of rotatable bonds is 26. The van der Waals surface area contributed by atoms with Gasteiger partial charge in [-0.2, -0.15) is 0 Å². The summed E-state index contributed by atoms with van der Waals surface area (Å²) in [6, 6.07) is 4.24. The average Bonchev–Trinajstić information content (AvgIpc) is 2.88. The molecule has 0 amide bonds. The first-order valence-corrected chi connectivity index (χ1v) is 16.6. The van der Waals surface area contributed by atoms with E-state index in [-0.39, 0.29) is 0 Å². The van der Waals surface area contributed by atoms with Crippen molar-refractivity contribution in [1.82, 2.24) is 0 Å². The summed E-state index contributed by atoms with van der Waals surface area (Å²) in [6.07, 6.45) is 34.9. The molecule has 0 radical (unpaired) electrons. The van der Waals surface area contributed by atoms with E-state index in [0.717, 1.165) is 6.42 Å². The lowest BCUT2D eigenvalue weighted by Crippen LogP contribution is -2.03. The minimum absolute atomic E-state index is 0.556. The standard InChI is InChI=1S/C35H64O/c1-4-7-10-12-14-16-18-20-22-25-27-32-30-31-35(36)34(29-24-9-6-3)33(32)28-26-23-21-19-17-15-13-11-8-5-2/h30-31,36H,4-29H2,1-3H3. The third-order valence-corrected chi connectivity index (χ3v) is 8.11. The maximum atomic E-state index is 10.7. The Morgan fingerprint density at radius 2 is 0.722 bits per heavy atom. The second-order valence-corrected chi connectivity index (χ2v) is 11.5. The molecule has 0 aliphatic carbocycles. The van der Waals surface area contributed by atoms with E-state index in [9.17, 15) is 5.11 Å². The third-order valence-electron chi connectivity index (χ3n) is 8.11. The minimum atomic E-state index is 0.556. The van der Waals surface area contributed by atoms with Crippen LogP contribution in [0.2, 0.25) is 0 Å². The molecule has 1 rings (SSSR count). The first-order valence-electron chi connectivity index (χ1n) is 16.6. The fourth-order valence-electron chi connectivity index (χ4n) is 5.70. The minimum Gasteiger partial charge on any atom is -0.508 e. The smallest absolute Gasteiger partial charge is 0.119 e. The molecule has 1 aromatic carbocycles. The molecule has 1 N–H and O–H groups in total. The van der Waals surface area contributed by atoms with Gasteiger partial charge in [0, 0.05) is 0 Å². The van der Waals surface area contributed by atoms with E-state index in [2.05, 4.69) is 26.8 Å². The van der Waals surface area contributed by atoms with Crippen LogP contribution in [-0.2, 0) is 19.3 Å². The molecular weight excluding hydrogens is 436 g/mol. The van der Waals surface area contributed by atoms with Crippen LogP contribution in [0.4, 0.5) is 0 Å². The number of phenolic OH excluding ortho intramolecular Hbond substituents is 1. The molecule has 0 atom stereocenters. The number of hydrogen-bond acceptors (Lipinski definition) is 1. The average molecular weight is 501 g/mol. The molecule has 0 aliphatic rings. The van der Waals surface area contributed by atoms with Gasteiger partial charge in [0.05, 0.1) is 0 Å². The molecule has 210 valence electrons. The Labute approximate surface area is 227 Å². The Morgan fingerprint density at radius 3 is 1.19 bits per heavy atom. The Balaban J connectivity index is 2.44. The summed E-state index contributed by atoms with van der Waals surface area (Å²) in [5, 5.41) is 10.7. The Morgan fingerprint density at radius 1 is 0.389 bits per heavy atom. The van der Waals surface area contributed by atoms with Crippen molar-refractivity contribution < 1.29 is 5.11 Å². The summed E-state index contributed by atoms with van der Waals surface area (Å²) in [4.78, 5) is 0. The van der Waals surface area contributed by atoms with E-state index in [1.54, 1.807) is 0 Å². The van der Waals surface area contributed by atoms with Crippen molar-refractivity contribution >= 4 is 0 Å². The van der Waals surface area contributed by atoms with Crippen molar-refractivity contribution in [3.63, 3.8) is 0 Å². The van der Waals surface area contributed by atoms with E-state index in [0.29, 0.717) is 5.75 Å². The molecule has 0 saturated heterocycles. The summed E-state index contributed by atoms with van der Waals surface area (Å²) in [5.74, 6) is 0.556. The molecule has 0 heterocycles. The monoisotopic (exact) mass is 500 g/mol. The molecule has 0 fully saturated rings. The number of aryl methyl sites for hydroxylation is 1. The molecule has 0 unspecified atom stereocenters. The molecule has 1 nitrogen and oxygen atoms in total. The lowest BCUT2D eigenvalue weighted by atomic mass is 9.89. The Hall–Kier alpha value is -0.980. The molecule has 0 spiro atoms. The maximum Gasteiger partial charge on any atom is 0.119 e. The highest BCUT2D eigenvalue weighted by Crippen LogP contribution is 2.30. The number of aromatic hydroxyl groups is 1. The third kappa shape index (κ3) is 16.7. The van der Waals surface area contributed by atoms with Crippen molar-refractivity contribution in [3.05, 3.63) is 28.8 Å². The first kappa shape index (κ1) is 33.0. The fourth-order valence-corrected chi connectivity index (χ4v) is 5.70. The highest BCUT2D eigenvalue weighted by Gasteiger charge is 2.13. The van der Waals surface area contributed by atoms with Crippen LogP contribution in [0.5, 0.6) is 5.75 Å². The first-order chi connectivity index (χ1) is 17.7. The van der Waals surface area contributed by atoms with Crippen molar-refractivity contribution in [2.45, 2.75) is 188 Å². The van der Waals surface area contributed by atoms with Gasteiger partial charge in [0.15, 0.2) is 0 Å². The van der Waals surface area contributed by atoms with Crippen molar-refractivity contribution in [2.24, 2.45) is 0 Å². The van der Waals surface area contributed by atoms with Crippen molar-refractivity contribution in [1.29, 1.82) is 0 Å². The van der Waals surface area contributed by atoms with Gasteiger partial charge in [-0.1, -0.05) is 155 Å². The predicted molar refractivity (Wildman–Crippen MR) is 162 cm³/mol. The maximum absolute atomic E-state index is 10.7. The Kier molecular flexibility index (Phi) is 22.4. The van der Waals surface area contributed by atoms with Crippen LogP contribution in [-0.4, -0.2) is 5.11 Å². The van der Waals surface area contributed by atoms with Crippen LogP contribution in [0.1, 0.15) is 185 Å². The van der Waals surface area contributed by atoms with Crippen LogP contribution in [0.3, 0.4) is 0 Å². The van der Waals surface area contributed by atoms with Gasteiger partial charge in [-0.25, -0.2) is 0 Å². The second-order valence-electron chi connectivity index (χ2n) is 11.5. The predicted octanol–water partition coefficient (Wildman–Crippen LogP) is 12.1. The molecule has 0 aromatic heterocycles. The van der Waals surface area contributed by atoms with Gasteiger partial charge in [-0.3, -0.25) is 0 Å². The molecule has 0 aliphatic heterocycles. The zero-order valence-electron chi connectivity index (χ0n) is 25.0. The van der Waals surface area contributed by atoms with Crippen LogP contribution in [0, 0.1) is 0 Å². The zero-order chi connectivity index (χ0) is 26.1. The van der Waals surface area contributed by atoms with Crippen LogP contribution in [0.25, 0.3) is 0 Å². The van der Waals surface area contributed by atoms with Gasteiger partial charge in [-0.05, 0) is 61.3 Å². The molecule has 1 aromatic rings. The lowest BCUT2D eigenvalue weighted by molar-refractivity contribution is 0.464. The lowest BCUT2D eigenvalue weighted by Gasteiger charge is -2.17. The van der Waals surface area contributed by atoms with E-state index in [1.165, 1.54) is 177 Å². The quantitative estimate of drug-likeness (QED) is 0.125. The van der Waals surface area contributed by atoms with Gasteiger partial charge in [0.1, 0.15) is 5.75 Å². The number of hydrogen-bond donors (Lipinski definition) is 1. The molecule has 0 bridgehead atoms. The fraction of sp³-hybridized carbons (Fsp3) is 0.829. The summed E-state index contributed by atoms with van der Waals surface area (Å²) < 4.78 is 0. The van der Waals surface area contributed by atoms with Crippen LogP contribution in [0.15, 0.2) is 12.1 Å². The summed E-state index contributed by atoms with van der Waals surface area (Å²) in [6.45, 7) is 6.86. The molecule has 36 heavy (non-hydrogen) atoms. The van der Waals surface area contributed by atoms with Crippen molar-refractivity contribution in [3.8, 4) is 5.75 Å². The van der Waals surface area contributed by atoms with Gasteiger partial charge >= 0.3 is 0 Å². The van der Waals surface area contributed by atoms with E-state index in [1.807, 2.05) is 6.07 Å². The molecule has 1 heteroatoms. The van der Waals surface area contributed by atoms with E-state index < -0.39 is 0 Å². The normalized spacial score (nSPS) is 11.4. The van der Waals surface area contributed by atoms with Crippen LogP contribution >= 0.6 is 0 Å². The van der Waals surface area contributed by atoms with Crippen molar-refractivity contribution in [2.75, 3.05) is 0 Å². The highest BCUT2D eigenvalue weighted by atomic mass is 16.3. The van der Waals surface area contributed by atoms with Gasteiger partial charge in [-0.15, -0.1) is 0 Å². The number of benzene rings is 1. The Bertz CT molecular complexity index is 605. The molecular formula is C35H64O. The summed E-state index contributed by atoms with van der Waals surface area (Å²) in [5.41, 5.74) is 4.33. The molecule has 0 saturated carbocycles. The summed E-state index contributed by atoms with van der Waals surface area (Å²) in [7, 11) is 0. The largest absolute Gasteiger partial charge is 0.508 e. The van der Waals surface area contributed by atoms with Gasteiger partial charge < -0.3 is 5.11 Å². The number of phenols is 1. The summed E-state index contributed by atoms with van der Waals surface area (Å²) >= 11 is 0. The van der Waals surface area contributed by atoms with Crippen LogP contribution < -0.4 is 0 Å². The SMILES string of the molecule is CCCCCCCCCCCCc1ccc(O)c(CCCCC)c1CCCCCCCCCCCC. The topological polar surface area (TPSA) is 20.2 Å². The number of unbranched alkanes of at least 4 members (excludes halogenated alkanes) is 20. The zero-order valence-corrected chi connectivity index (χ0v) is 25.0. The van der Waals surface area contributed by atoms with E-state index >= 15 is 0 Å². The van der Waals surface area contributed by atoms with E-state index in [4.69, 9.17) is 0 Å². The van der Waals surface area contributed by atoms with Gasteiger partial charge in [0.2, 0.25) is 0 Å². The highest BCUT2D eigenvalue weighted by molar-refractivity contribution is 5.45. The van der Waals surface area contributed by atoms with Gasteiger partial charge in [0.25, 0.3) is 0 Å². The second kappa shape index (κ2) is 24.4.